The zero-order valence-corrected chi connectivity index (χ0v) is 11.7. The largest absolute Gasteiger partial charge is 0.468 e. The monoisotopic (exact) mass is 261 g/mol. The summed E-state index contributed by atoms with van der Waals surface area (Å²) in [4.78, 5) is 16.2. The molecule has 0 saturated carbocycles. The van der Waals surface area contributed by atoms with Crippen LogP contribution in [0.25, 0.3) is 11.0 Å². The van der Waals surface area contributed by atoms with Crippen molar-refractivity contribution < 1.29 is 9.53 Å². The van der Waals surface area contributed by atoms with Crippen LogP contribution in [0.1, 0.15) is 26.6 Å². The lowest BCUT2D eigenvalue weighted by Gasteiger charge is -2.19. The lowest BCUT2D eigenvalue weighted by atomic mass is 9.95. The molecule has 5 heteroatoms. The average molecular weight is 261 g/mol. The normalized spacial score (nSPS) is 11.8. The van der Waals surface area contributed by atoms with Gasteiger partial charge in [-0.25, -0.2) is 4.98 Å². The highest BCUT2D eigenvalue weighted by Gasteiger charge is 2.24. The standard InChI is InChI=1S/C14H19N3O2/c1-14(2,3)13-16-10-7-9(15)5-6-11(10)17(13)8-12(18)19-4/h5-7H,8,15H2,1-4H3. The second-order valence-corrected chi connectivity index (χ2v) is 5.60. The summed E-state index contributed by atoms with van der Waals surface area (Å²) in [5.41, 5.74) is 7.97. The Morgan fingerprint density at radius 3 is 2.68 bits per heavy atom. The Morgan fingerprint density at radius 2 is 2.11 bits per heavy atom. The number of carbonyl (C=O) groups is 1. The highest BCUT2D eigenvalue weighted by Crippen LogP contribution is 2.27. The highest BCUT2D eigenvalue weighted by molar-refractivity contribution is 5.81. The number of rotatable bonds is 2. The molecule has 0 atom stereocenters. The number of benzene rings is 1. The van der Waals surface area contributed by atoms with E-state index in [4.69, 9.17) is 10.5 Å². The first-order chi connectivity index (χ1) is 8.82. The summed E-state index contributed by atoms with van der Waals surface area (Å²) in [6, 6.07) is 5.51. The number of hydrogen-bond acceptors (Lipinski definition) is 4. The fourth-order valence-corrected chi connectivity index (χ4v) is 2.07. The molecule has 0 aliphatic heterocycles. The number of fused-ring (bicyclic) bond motifs is 1. The van der Waals surface area contributed by atoms with Crippen LogP contribution in [-0.2, 0) is 21.5 Å². The van der Waals surface area contributed by atoms with E-state index in [1.807, 2.05) is 22.8 Å². The van der Waals surface area contributed by atoms with Crippen LogP contribution >= 0.6 is 0 Å². The maximum absolute atomic E-state index is 11.6. The first-order valence-electron chi connectivity index (χ1n) is 6.16. The molecule has 0 radical (unpaired) electrons. The van der Waals surface area contributed by atoms with E-state index in [0.29, 0.717) is 5.69 Å². The lowest BCUT2D eigenvalue weighted by Crippen LogP contribution is -2.22. The van der Waals surface area contributed by atoms with E-state index in [0.717, 1.165) is 16.9 Å². The topological polar surface area (TPSA) is 70.1 Å². The van der Waals surface area contributed by atoms with Gasteiger partial charge in [-0.15, -0.1) is 0 Å². The molecule has 19 heavy (non-hydrogen) atoms. The predicted octanol–water partition coefficient (Wildman–Crippen LogP) is 2.09. The SMILES string of the molecule is COC(=O)Cn1c(C(C)(C)C)nc2cc(N)ccc21. The number of nitrogens with two attached hydrogens (primary N) is 1. The Kier molecular flexibility index (Phi) is 3.22. The summed E-state index contributed by atoms with van der Waals surface area (Å²) < 4.78 is 6.64. The molecule has 2 aromatic rings. The fraction of sp³-hybridized carbons (Fsp3) is 0.429. The van der Waals surface area contributed by atoms with Crippen LogP contribution < -0.4 is 5.73 Å². The van der Waals surface area contributed by atoms with E-state index < -0.39 is 0 Å². The molecule has 0 fully saturated rings. The van der Waals surface area contributed by atoms with E-state index in [1.165, 1.54) is 7.11 Å². The minimum Gasteiger partial charge on any atom is -0.468 e. The smallest absolute Gasteiger partial charge is 0.325 e. The van der Waals surface area contributed by atoms with Gasteiger partial charge in [-0.3, -0.25) is 4.79 Å². The van der Waals surface area contributed by atoms with Gasteiger partial charge in [0.15, 0.2) is 0 Å². The van der Waals surface area contributed by atoms with Gasteiger partial charge in [0.2, 0.25) is 0 Å². The molecule has 2 N–H and O–H groups in total. The number of aromatic nitrogens is 2. The summed E-state index contributed by atoms with van der Waals surface area (Å²) in [6.45, 7) is 6.34. The van der Waals surface area contributed by atoms with E-state index in [9.17, 15) is 4.79 Å². The average Bonchev–Trinajstić information content (AvgIpc) is 2.67. The summed E-state index contributed by atoms with van der Waals surface area (Å²) >= 11 is 0. The summed E-state index contributed by atoms with van der Waals surface area (Å²) in [7, 11) is 1.39. The van der Waals surface area contributed by atoms with Crippen LogP contribution in [0.5, 0.6) is 0 Å². The second kappa shape index (κ2) is 4.57. The third-order valence-electron chi connectivity index (χ3n) is 2.96. The first kappa shape index (κ1) is 13.4. The van der Waals surface area contributed by atoms with Crippen molar-refractivity contribution in [2.24, 2.45) is 0 Å². The van der Waals surface area contributed by atoms with E-state index in [1.54, 1.807) is 0 Å². The van der Waals surface area contributed by atoms with Crippen molar-refractivity contribution in [3.8, 4) is 0 Å². The number of carbonyl (C=O) groups excluding carboxylic acids is 1. The number of methoxy groups -OCH3 is 1. The zero-order valence-electron chi connectivity index (χ0n) is 11.7. The summed E-state index contributed by atoms with van der Waals surface area (Å²) in [5.74, 6) is 0.556. The molecule has 0 aliphatic carbocycles. The Hall–Kier alpha value is -2.04. The molecule has 0 saturated heterocycles. The molecule has 1 heterocycles. The molecular formula is C14H19N3O2. The number of imidazole rings is 1. The van der Waals surface area contributed by atoms with Crippen molar-refractivity contribution in [1.82, 2.24) is 9.55 Å². The van der Waals surface area contributed by atoms with E-state index in [2.05, 4.69) is 25.8 Å². The van der Waals surface area contributed by atoms with Crippen LogP contribution in [0, 0.1) is 0 Å². The van der Waals surface area contributed by atoms with Gasteiger partial charge in [-0.05, 0) is 18.2 Å². The Morgan fingerprint density at radius 1 is 1.42 bits per heavy atom. The third-order valence-corrected chi connectivity index (χ3v) is 2.96. The molecule has 2 rings (SSSR count). The van der Waals surface area contributed by atoms with Gasteiger partial charge in [0.1, 0.15) is 12.4 Å². The molecule has 1 aromatic heterocycles. The molecule has 0 spiro atoms. The van der Waals surface area contributed by atoms with Crippen molar-refractivity contribution in [2.45, 2.75) is 32.7 Å². The van der Waals surface area contributed by atoms with E-state index >= 15 is 0 Å². The van der Waals surface area contributed by atoms with Crippen molar-refractivity contribution in [1.29, 1.82) is 0 Å². The maximum atomic E-state index is 11.6. The Balaban J connectivity index is 2.65. The van der Waals surface area contributed by atoms with Crippen molar-refractivity contribution in [3.63, 3.8) is 0 Å². The highest BCUT2D eigenvalue weighted by atomic mass is 16.5. The van der Waals surface area contributed by atoms with Gasteiger partial charge in [-0.1, -0.05) is 20.8 Å². The molecule has 1 aromatic carbocycles. The van der Waals surface area contributed by atoms with Gasteiger partial charge < -0.3 is 15.0 Å². The predicted molar refractivity (Wildman–Crippen MR) is 74.9 cm³/mol. The van der Waals surface area contributed by atoms with Gasteiger partial charge in [0.25, 0.3) is 0 Å². The number of anilines is 1. The van der Waals surface area contributed by atoms with Crippen LogP contribution in [0.3, 0.4) is 0 Å². The van der Waals surface area contributed by atoms with Gasteiger partial charge in [-0.2, -0.15) is 0 Å². The van der Waals surface area contributed by atoms with Crippen LogP contribution in [0.15, 0.2) is 18.2 Å². The third kappa shape index (κ3) is 2.54. The lowest BCUT2D eigenvalue weighted by molar-refractivity contribution is -0.141. The molecular weight excluding hydrogens is 242 g/mol. The number of esters is 1. The molecule has 0 unspecified atom stereocenters. The van der Waals surface area contributed by atoms with E-state index in [-0.39, 0.29) is 17.9 Å². The number of hydrogen-bond donors (Lipinski definition) is 1. The summed E-state index contributed by atoms with van der Waals surface area (Å²) in [5, 5.41) is 0. The van der Waals surface area contributed by atoms with Crippen molar-refractivity contribution in [2.75, 3.05) is 12.8 Å². The van der Waals surface area contributed by atoms with Gasteiger partial charge in [0.05, 0.1) is 18.1 Å². The zero-order chi connectivity index (χ0) is 14.2. The first-order valence-corrected chi connectivity index (χ1v) is 6.16. The van der Waals surface area contributed by atoms with Crippen molar-refractivity contribution >= 4 is 22.7 Å². The Labute approximate surface area is 112 Å². The minimum absolute atomic E-state index is 0.156. The van der Waals surface area contributed by atoms with Crippen LogP contribution in [0.2, 0.25) is 0 Å². The molecule has 5 nitrogen and oxygen atoms in total. The second-order valence-electron chi connectivity index (χ2n) is 5.60. The number of nitrogens with zero attached hydrogens (tertiary/aromatic N) is 2. The summed E-state index contributed by atoms with van der Waals surface area (Å²) in [6.07, 6.45) is 0. The number of ether oxygens (including phenoxy) is 1. The molecule has 102 valence electrons. The fourth-order valence-electron chi connectivity index (χ4n) is 2.07. The number of nitrogen functional groups attached to an aromatic ring is 1. The quantitative estimate of drug-likeness (QED) is 0.663. The minimum atomic E-state index is -0.290. The van der Waals surface area contributed by atoms with Crippen LogP contribution in [-0.4, -0.2) is 22.6 Å². The molecule has 0 aliphatic rings. The van der Waals surface area contributed by atoms with Gasteiger partial charge in [0, 0.05) is 11.1 Å². The Bertz CT molecular complexity index is 623. The maximum Gasteiger partial charge on any atom is 0.325 e. The van der Waals surface area contributed by atoms with Crippen molar-refractivity contribution in [3.05, 3.63) is 24.0 Å². The van der Waals surface area contributed by atoms with Crippen LogP contribution in [0.4, 0.5) is 5.69 Å². The molecule has 0 amide bonds. The molecule has 0 bridgehead atoms. The van der Waals surface area contributed by atoms with Gasteiger partial charge >= 0.3 is 5.97 Å².